The van der Waals surface area contributed by atoms with Crippen LogP contribution < -0.4 is 10.1 Å². The van der Waals surface area contributed by atoms with Crippen LogP contribution in [0.4, 0.5) is 19.0 Å². The lowest BCUT2D eigenvalue weighted by atomic mass is 10.2. The van der Waals surface area contributed by atoms with Gasteiger partial charge in [-0.15, -0.1) is 10.2 Å². The molecule has 1 N–H and O–H groups in total. The molecular formula is C12H9F3N4O2. The Hall–Kier alpha value is -2.71. The van der Waals surface area contributed by atoms with Gasteiger partial charge in [0.1, 0.15) is 5.82 Å². The first-order valence-corrected chi connectivity index (χ1v) is 5.62. The van der Waals surface area contributed by atoms with Crippen molar-refractivity contribution in [1.82, 2.24) is 15.2 Å². The van der Waals surface area contributed by atoms with Crippen molar-refractivity contribution in [2.75, 3.05) is 12.4 Å². The fourth-order valence-electron chi connectivity index (χ4n) is 1.41. The van der Waals surface area contributed by atoms with Gasteiger partial charge < -0.3 is 10.1 Å². The smallest absolute Gasteiger partial charge is 0.416 e. The molecule has 0 fully saturated rings. The van der Waals surface area contributed by atoms with Crippen molar-refractivity contribution >= 4 is 11.7 Å². The fourth-order valence-corrected chi connectivity index (χ4v) is 1.41. The average molecular weight is 298 g/mol. The minimum atomic E-state index is -4.51. The zero-order valence-electron chi connectivity index (χ0n) is 10.7. The predicted molar refractivity (Wildman–Crippen MR) is 65.8 cm³/mol. The molecule has 0 aliphatic rings. The van der Waals surface area contributed by atoms with Crippen LogP contribution in [0.15, 0.2) is 30.5 Å². The van der Waals surface area contributed by atoms with E-state index in [-0.39, 0.29) is 17.4 Å². The number of carbonyl (C=O) groups is 1. The Morgan fingerprint density at radius 2 is 2.00 bits per heavy atom. The average Bonchev–Trinajstić information content (AvgIpc) is 2.47. The molecule has 2 rings (SSSR count). The molecule has 0 bridgehead atoms. The van der Waals surface area contributed by atoms with Gasteiger partial charge in [0.15, 0.2) is 5.69 Å². The molecule has 2 heterocycles. The highest BCUT2D eigenvalue weighted by Crippen LogP contribution is 2.29. The summed E-state index contributed by atoms with van der Waals surface area (Å²) in [5, 5.41) is 9.38. The van der Waals surface area contributed by atoms with Crippen molar-refractivity contribution in [3.63, 3.8) is 0 Å². The largest absolute Gasteiger partial charge is 0.480 e. The SMILES string of the molecule is COc1ccc(C(=O)Nc2cc(C(F)(F)F)ccn2)nn1. The van der Waals surface area contributed by atoms with E-state index in [4.69, 9.17) is 4.74 Å². The van der Waals surface area contributed by atoms with Crippen LogP contribution >= 0.6 is 0 Å². The minimum absolute atomic E-state index is 0.0741. The number of ether oxygens (including phenoxy) is 1. The standard InChI is InChI=1S/C12H9F3N4O2/c1-21-10-3-2-8(18-19-10)11(20)17-9-6-7(4-5-16-9)12(13,14)15/h2-6H,1H3,(H,16,17,20). The number of nitrogens with zero attached hydrogens (tertiary/aromatic N) is 3. The van der Waals surface area contributed by atoms with Crippen LogP contribution in [0.5, 0.6) is 5.88 Å². The molecule has 21 heavy (non-hydrogen) atoms. The van der Waals surface area contributed by atoms with Gasteiger partial charge in [0.05, 0.1) is 12.7 Å². The molecule has 0 saturated heterocycles. The summed E-state index contributed by atoms with van der Waals surface area (Å²) in [6, 6.07) is 4.27. The van der Waals surface area contributed by atoms with Crippen LogP contribution in [-0.2, 0) is 6.18 Å². The number of anilines is 1. The second-order valence-electron chi connectivity index (χ2n) is 3.84. The second kappa shape index (κ2) is 5.73. The number of hydrogen-bond acceptors (Lipinski definition) is 5. The number of rotatable bonds is 3. The van der Waals surface area contributed by atoms with E-state index in [0.29, 0.717) is 0 Å². The summed E-state index contributed by atoms with van der Waals surface area (Å²) in [7, 11) is 1.39. The van der Waals surface area contributed by atoms with Crippen molar-refractivity contribution < 1.29 is 22.7 Å². The Kier molecular flexibility index (Phi) is 4.01. The van der Waals surface area contributed by atoms with Crippen molar-refractivity contribution in [3.8, 4) is 5.88 Å². The van der Waals surface area contributed by atoms with Gasteiger partial charge in [0, 0.05) is 12.3 Å². The van der Waals surface area contributed by atoms with Crippen LogP contribution in [0.2, 0.25) is 0 Å². The maximum absolute atomic E-state index is 12.5. The summed E-state index contributed by atoms with van der Waals surface area (Å²) >= 11 is 0. The number of alkyl halides is 3. The van der Waals surface area contributed by atoms with Gasteiger partial charge in [-0.2, -0.15) is 13.2 Å². The normalized spacial score (nSPS) is 11.0. The molecule has 110 valence electrons. The van der Waals surface area contributed by atoms with E-state index >= 15 is 0 Å². The van der Waals surface area contributed by atoms with Crippen molar-refractivity contribution in [1.29, 1.82) is 0 Å². The van der Waals surface area contributed by atoms with E-state index in [2.05, 4.69) is 20.5 Å². The first-order valence-electron chi connectivity index (χ1n) is 5.62. The third-order valence-electron chi connectivity index (χ3n) is 2.41. The molecule has 9 heteroatoms. The highest BCUT2D eigenvalue weighted by Gasteiger charge is 2.30. The van der Waals surface area contributed by atoms with Crippen LogP contribution in [0.25, 0.3) is 0 Å². The number of aromatic nitrogens is 3. The first kappa shape index (κ1) is 14.7. The Morgan fingerprint density at radius 3 is 2.57 bits per heavy atom. The van der Waals surface area contributed by atoms with Gasteiger partial charge in [-0.3, -0.25) is 4.79 Å². The van der Waals surface area contributed by atoms with Gasteiger partial charge in [-0.05, 0) is 18.2 Å². The molecule has 0 unspecified atom stereocenters. The number of nitrogens with one attached hydrogen (secondary N) is 1. The lowest BCUT2D eigenvalue weighted by molar-refractivity contribution is -0.137. The molecule has 0 aliphatic carbocycles. The minimum Gasteiger partial charge on any atom is -0.480 e. The van der Waals surface area contributed by atoms with Gasteiger partial charge in [-0.25, -0.2) is 4.98 Å². The number of amides is 1. The molecule has 2 aromatic heterocycles. The highest BCUT2D eigenvalue weighted by atomic mass is 19.4. The summed E-state index contributed by atoms with van der Waals surface area (Å²) in [6.45, 7) is 0. The number of halogens is 3. The number of hydrogen-bond donors (Lipinski definition) is 1. The van der Waals surface area contributed by atoms with Crippen LogP contribution in [0, 0.1) is 0 Å². The predicted octanol–water partition coefficient (Wildman–Crippen LogP) is 2.15. The Labute approximate surface area is 117 Å². The van der Waals surface area contributed by atoms with E-state index in [9.17, 15) is 18.0 Å². The number of pyridine rings is 1. The summed E-state index contributed by atoms with van der Waals surface area (Å²) in [4.78, 5) is 15.4. The lowest BCUT2D eigenvalue weighted by Crippen LogP contribution is -2.16. The summed E-state index contributed by atoms with van der Waals surface area (Å²) in [5.41, 5.74) is -0.983. The van der Waals surface area contributed by atoms with Crippen LogP contribution in [0.3, 0.4) is 0 Å². The van der Waals surface area contributed by atoms with E-state index in [1.54, 1.807) is 0 Å². The Morgan fingerprint density at radius 1 is 1.24 bits per heavy atom. The van der Waals surface area contributed by atoms with Gasteiger partial charge in [-0.1, -0.05) is 0 Å². The molecule has 0 aliphatic heterocycles. The van der Waals surface area contributed by atoms with Crippen LogP contribution in [-0.4, -0.2) is 28.2 Å². The zero-order valence-corrected chi connectivity index (χ0v) is 10.7. The maximum Gasteiger partial charge on any atom is 0.416 e. The van der Waals surface area contributed by atoms with E-state index in [1.165, 1.54) is 19.2 Å². The molecular weight excluding hydrogens is 289 g/mol. The highest BCUT2D eigenvalue weighted by molar-refractivity contribution is 6.02. The fraction of sp³-hybridized carbons (Fsp3) is 0.167. The van der Waals surface area contributed by atoms with Crippen molar-refractivity contribution in [3.05, 3.63) is 41.7 Å². The van der Waals surface area contributed by atoms with E-state index in [1.807, 2.05) is 0 Å². The third-order valence-corrected chi connectivity index (χ3v) is 2.41. The molecule has 0 spiro atoms. The summed E-state index contributed by atoms with van der Waals surface area (Å²) in [5.74, 6) is -0.742. The third kappa shape index (κ3) is 3.65. The van der Waals surface area contributed by atoms with E-state index < -0.39 is 17.6 Å². The number of methoxy groups -OCH3 is 1. The molecule has 2 aromatic rings. The summed E-state index contributed by atoms with van der Waals surface area (Å²) in [6.07, 6.45) is -3.56. The summed E-state index contributed by atoms with van der Waals surface area (Å²) < 4.78 is 42.4. The quantitative estimate of drug-likeness (QED) is 0.939. The van der Waals surface area contributed by atoms with E-state index in [0.717, 1.165) is 18.3 Å². The molecule has 1 amide bonds. The second-order valence-corrected chi connectivity index (χ2v) is 3.84. The molecule has 0 atom stereocenters. The van der Waals surface area contributed by atoms with Crippen LogP contribution in [0.1, 0.15) is 16.1 Å². The Balaban J connectivity index is 2.15. The van der Waals surface area contributed by atoms with Crippen molar-refractivity contribution in [2.45, 2.75) is 6.18 Å². The Bertz CT molecular complexity index is 644. The van der Waals surface area contributed by atoms with Gasteiger partial charge >= 0.3 is 6.18 Å². The first-order chi connectivity index (χ1) is 9.90. The van der Waals surface area contributed by atoms with Crippen molar-refractivity contribution in [2.24, 2.45) is 0 Å². The topological polar surface area (TPSA) is 77.0 Å². The molecule has 0 radical (unpaired) electrons. The molecule has 0 saturated carbocycles. The van der Waals surface area contributed by atoms with Gasteiger partial charge in [0.2, 0.25) is 5.88 Å². The number of carbonyl (C=O) groups excluding carboxylic acids is 1. The molecule has 0 aromatic carbocycles. The zero-order chi connectivity index (χ0) is 15.5. The van der Waals surface area contributed by atoms with Gasteiger partial charge in [0.25, 0.3) is 5.91 Å². The molecule has 6 nitrogen and oxygen atoms in total. The maximum atomic E-state index is 12.5. The lowest BCUT2D eigenvalue weighted by Gasteiger charge is -2.08. The monoisotopic (exact) mass is 298 g/mol.